The molecule has 1 saturated heterocycles. The zero-order valence-electron chi connectivity index (χ0n) is 21.6. The van der Waals surface area contributed by atoms with Crippen molar-refractivity contribution in [2.75, 3.05) is 34.3 Å². The second-order valence-electron chi connectivity index (χ2n) is 9.68. The van der Waals surface area contributed by atoms with E-state index < -0.39 is 0 Å². The number of amidine groups is 1. The number of methoxy groups -OCH3 is 1. The largest absolute Gasteiger partial charge is 0.466 e. The lowest BCUT2D eigenvalue weighted by atomic mass is 9.89. The summed E-state index contributed by atoms with van der Waals surface area (Å²) < 4.78 is 5.23. The van der Waals surface area contributed by atoms with Gasteiger partial charge >= 0.3 is 5.97 Å². The molecule has 1 fully saturated rings. The smallest absolute Gasteiger partial charge is 0.338 e. The molecule has 0 radical (unpaired) electrons. The number of fused-ring (bicyclic) bond motifs is 1. The number of likely N-dealkylation sites (tertiary alicyclic amines) is 1. The van der Waals surface area contributed by atoms with Crippen molar-refractivity contribution in [3.63, 3.8) is 0 Å². The number of esters is 1. The first kappa shape index (κ1) is 25.5. The van der Waals surface area contributed by atoms with Gasteiger partial charge in [0.1, 0.15) is 0 Å². The Labute approximate surface area is 212 Å². The van der Waals surface area contributed by atoms with Crippen LogP contribution in [-0.4, -0.2) is 72.1 Å². The lowest BCUT2D eigenvalue weighted by Gasteiger charge is -2.38. The molecule has 0 aromatic heterocycles. The van der Waals surface area contributed by atoms with Gasteiger partial charge in [-0.1, -0.05) is 42.4 Å². The van der Waals surface area contributed by atoms with Crippen molar-refractivity contribution in [2.24, 2.45) is 4.99 Å². The number of aliphatic imine (C=N–C) groups is 1. The second kappa shape index (κ2) is 10.6. The van der Waals surface area contributed by atoms with Crippen LogP contribution in [-0.2, 0) is 14.3 Å². The highest BCUT2D eigenvalue weighted by Gasteiger charge is 2.42. The number of aryl methyl sites for hydroxylation is 2. The molecular formula is C27H36N4O3S. The molecule has 35 heavy (non-hydrogen) atoms. The molecule has 1 aromatic rings. The fourth-order valence-electron chi connectivity index (χ4n) is 5.20. The van der Waals surface area contributed by atoms with E-state index in [0.717, 1.165) is 59.2 Å². The Hall–Kier alpha value is -2.58. The van der Waals surface area contributed by atoms with Crippen molar-refractivity contribution >= 4 is 28.8 Å². The monoisotopic (exact) mass is 496 g/mol. The number of carbonyl (C=O) groups is 2. The van der Waals surface area contributed by atoms with Crippen LogP contribution in [0.1, 0.15) is 55.3 Å². The van der Waals surface area contributed by atoms with E-state index in [4.69, 9.17) is 9.73 Å². The lowest BCUT2D eigenvalue weighted by molar-refractivity contribution is -0.136. The van der Waals surface area contributed by atoms with E-state index in [1.165, 1.54) is 18.9 Å². The standard InChI is InChI=1S/C27H36N4O3S/c1-7-22-24(26(33)34-6)25(21-9-8-17(2)14-18(21)3)31-20(16-35-27(31)28-22)15-23(32)30(5)19-10-12-29(4)13-11-19/h8-9,14,16,19,25H,7,10-13,15H2,1-6H3/t25-/m1/s1. The van der Waals surface area contributed by atoms with Crippen LogP contribution in [0.5, 0.6) is 0 Å². The molecule has 0 bridgehead atoms. The molecule has 0 unspecified atom stereocenters. The maximum atomic E-state index is 13.4. The molecule has 3 heterocycles. The number of hydrogen-bond donors (Lipinski definition) is 0. The number of thioether (sulfide) groups is 1. The summed E-state index contributed by atoms with van der Waals surface area (Å²) in [6.07, 6.45) is 2.87. The molecule has 4 rings (SSSR count). The van der Waals surface area contributed by atoms with Crippen molar-refractivity contribution in [3.8, 4) is 0 Å². The van der Waals surface area contributed by atoms with E-state index in [0.29, 0.717) is 12.0 Å². The number of piperidine rings is 1. The average molecular weight is 497 g/mol. The molecular weight excluding hydrogens is 460 g/mol. The summed E-state index contributed by atoms with van der Waals surface area (Å²) in [5.41, 5.74) is 5.45. The summed E-state index contributed by atoms with van der Waals surface area (Å²) in [5, 5.41) is 2.83. The van der Waals surface area contributed by atoms with Gasteiger partial charge in [-0.15, -0.1) is 0 Å². The first-order valence-corrected chi connectivity index (χ1v) is 13.2. The molecule has 0 N–H and O–H groups in total. The molecule has 0 spiro atoms. The van der Waals surface area contributed by atoms with E-state index in [-0.39, 0.29) is 30.4 Å². The van der Waals surface area contributed by atoms with Crippen molar-refractivity contribution in [3.05, 3.63) is 57.3 Å². The van der Waals surface area contributed by atoms with E-state index in [9.17, 15) is 9.59 Å². The number of benzene rings is 1. The van der Waals surface area contributed by atoms with Gasteiger partial charge in [-0.05, 0) is 69.8 Å². The summed E-state index contributed by atoms with van der Waals surface area (Å²) in [6.45, 7) is 8.15. The molecule has 1 amide bonds. The normalized spacial score (nSPS) is 21.0. The number of nitrogens with zero attached hydrogens (tertiary/aromatic N) is 4. The van der Waals surface area contributed by atoms with Gasteiger partial charge in [0, 0.05) is 18.8 Å². The van der Waals surface area contributed by atoms with Gasteiger partial charge in [0.2, 0.25) is 5.91 Å². The number of rotatable bonds is 6. The fraction of sp³-hybridized carbons (Fsp3) is 0.519. The molecule has 0 saturated carbocycles. The minimum atomic E-state index is -0.381. The topological polar surface area (TPSA) is 65.5 Å². The van der Waals surface area contributed by atoms with Crippen LogP contribution in [0, 0.1) is 13.8 Å². The van der Waals surface area contributed by atoms with Gasteiger partial charge in [-0.25, -0.2) is 9.79 Å². The number of carbonyl (C=O) groups excluding carboxylic acids is 2. The molecule has 1 aromatic carbocycles. The Morgan fingerprint density at radius 2 is 1.94 bits per heavy atom. The molecule has 7 nitrogen and oxygen atoms in total. The van der Waals surface area contributed by atoms with Gasteiger partial charge in [0.25, 0.3) is 0 Å². The van der Waals surface area contributed by atoms with Crippen molar-refractivity contribution in [1.82, 2.24) is 14.7 Å². The minimum Gasteiger partial charge on any atom is -0.466 e. The van der Waals surface area contributed by atoms with Gasteiger partial charge in [0.05, 0.1) is 30.8 Å². The van der Waals surface area contributed by atoms with Gasteiger partial charge in [0.15, 0.2) is 5.17 Å². The molecule has 0 aliphatic carbocycles. The highest BCUT2D eigenvalue weighted by molar-refractivity contribution is 8.16. The van der Waals surface area contributed by atoms with Crippen LogP contribution in [0.25, 0.3) is 0 Å². The highest BCUT2D eigenvalue weighted by Crippen LogP contribution is 2.46. The van der Waals surface area contributed by atoms with Gasteiger partial charge in [-0.2, -0.15) is 0 Å². The minimum absolute atomic E-state index is 0.0944. The van der Waals surface area contributed by atoms with Crippen molar-refractivity contribution in [1.29, 1.82) is 0 Å². The molecule has 188 valence electrons. The van der Waals surface area contributed by atoms with Crippen molar-refractivity contribution < 1.29 is 14.3 Å². The molecule has 8 heteroatoms. The summed E-state index contributed by atoms with van der Waals surface area (Å²) in [5.74, 6) is -0.280. The number of ether oxygens (including phenoxy) is 1. The first-order chi connectivity index (χ1) is 16.7. The Balaban J connectivity index is 1.68. The Bertz CT molecular complexity index is 1100. The summed E-state index contributed by atoms with van der Waals surface area (Å²) in [7, 11) is 5.46. The number of amides is 1. The second-order valence-corrected chi connectivity index (χ2v) is 10.5. The zero-order chi connectivity index (χ0) is 25.3. The van der Waals surface area contributed by atoms with Crippen molar-refractivity contribution in [2.45, 2.75) is 58.5 Å². The average Bonchev–Trinajstić information content (AvgIpc) is 3.24. The van der Waals surface area contributed by atoms with Crippen LogP contribution in [0.4, 0.5) is 0 Å². The zero-order valence-corrected chi connectivity index (χ0v) is 22.4. The molecule has 3 aliphatic rings. The van der Waals surface area contributed by atoms with Crippen LogP contribution < -0.4 is 0 Å². The third-order valence-electron chi connectivity index (χ3n) is 7.31. The maximum Gasteiger partial charge on any atom is 0.338 e. The molecule has 1 atom stereocenters. The predicted molar refractivity (Wildman–Crippen MR) is 141 cm³/mol. The van der Waals surface area contributed by atoms with Crippen LogP contribution in [0.3, 0.4) is 0 Å². The van der Waals surface area contributed by atoms with Gasteiger partial charge < -0.3 is 19.4 Å². The Morgan fingerprint density at radius 1 is 1.23 bits per heavy atom. The van der Waals surface area contributed by atoms with E-state index in [1.54, 1.807) is 0 Å². The quantitative estimate of drug-likeness (QED) is 0.545. The first-order valence-electron chi connectivity index (χ1n) is 12.3. The van der Waals surface area contributed by atoms with Crippen LogP contribution in [0.15, 0.2) is 45.6 Å². The maximum absolute atomic E-state index is 13.4. The summed E-state index contributed by atoms with van der Waals surface area (Å²) >= 11 is 1.52. The molecule has 3 aliphatic heterocycles. The summed E-state index contributed by atoms with van der Waals surface area (Å²) in [6, 6.07) is 6.16. The van der Waals surface area contributed by atoms with Crippen LogP contribution >= 0.6 is 11.8 Å². The van der Waals surface area contributed by atoms with Crippen LogP contribution in [0.2, 0.25) is 0 Å². The van der Waals surface area contributed by atoms with E-state index in [2.05, 4.69) is 48.9 Å². The Morgan fingerprint density at radius 3 is 2.57 bits per heavy atom. The van der Waals surface area contributed by atoms with E-state index in [1.807, 2.05) is 24.3 Å². The highest BCUT2D eigenvalue weighted by atomic mass is 32.2. The SMILES string of the molecule is CCC1=C(C(=O)OC)[C@@H](c2ccc(C)cc2C)N2C(CC(=O)N(C)C3CCN(C)CC3)=CSC2=N1. The third kappa shape index (κ3) is 5.05. The predicted octanol–water partition coefficient (Wildman–Crippen LogP) is 4.38. The van der Waals surface area contributed by atoms with E-state index >= 15 is 0 Å². The van der Waals surface area contributed by atoms with Gasteiger partial charge in [-0.3, -0.25) is 4.79 Å². The summed E-state index contributed by atoms with van der Waals surface area (Å²) in [4.78, 5) is 37.6. The number of hydrogen-bond acceptors (Lipinski definition) is 7. The fourth-order valence-corrected chi connectivity index (χ4v) is 6.14. The Kier molecular flexibility index (Phi) is 7.71. The number of allylic oxidation sites excluding steroid dienone is 1. The lowest BCUT2D eigenvalue weighted by Crippen LogP contribution is -2.45. The third-order valence-corrected chi connectivity index (χ3v) is 8.20.